The van der Waals surface area contributed by atoms with Gasteiger partial charge < -0.3 is 5.11 Å². The number of pyridine rings is 1. The summed E-state index contributed by atoms with van der Waals surface area (Å²) < 4.78 is 0. The molecule has 0 aliphatic carbocycles. The lowest BCUT2D eigenvalue weighted by Crippen LogP contribution is -1.88. The van der Waals surface area contributed by atoms with E-state index in [1.165, 1.54) is 0 Å². The van der Waals surface area contributed by atoms with E-state index in [4.69, 9.17) is 0 Å². The molecule has 0 spiro atoms. The van der Waals surface area contributed by atoms with Gasteiger partial charge in [0.1, 0.15) is 11.3 Å². The molecule has 1 aromatic heterocycles. The third-order valence-corrected chi connectivity index (χ3v) is 4.04. The highest BCUT2D eigenvalue weighted by atomic mass is 27.0. The standard InChI is InChI=1S/C21H15NO.Al.3H/c23-21-19(16-10-5-2-6-11-16)14-18(15-8-3-1-4-9-15)17-12-7-13-22-20(17)21;;;;/h1-14,23H;;;;. The summed E-state index contributed by atoms with van der Waals surface area (Å²) in [6.45, 7) is 0. The quantitative estimate of drug-likeness (QED) is 0.563. The number of hydrogen-bond acceptors (Lipinski definition) is 2. The Hall–Kier alpha value is -2.60. The predicted octanol–water partition coefficient (Wildman–Crippen LogP) is 4.09. The molecule has 0 unspecified atom stereocenters. The topological polar surface area (TPSA) is 33.1 Å². The van der Waals surface area contributed by atoms with Gasteiger partial charge in [-0.05, 0) is 28.8 Å². The SMILES string of the molecule is Oc1c(-c2ccccc2)cc(-c2ccccc2)c2cccnc12.[AlH3]. The summed E-state index contributed by atoms with van der Waals surface area (Å²) in [6, 6.07) is 26.1. The zero-order valence-electron chi connectivity index (χ0n) is 12.5. The minimum atomic E-state index is 0. The maximum atomic E-state index is 10.7. The molecule has 0 radical (unpaired) electrons. The minimum Gasteiger partial charge on any atom is -0.505 e. The molecule has 0 saturated heterocycles. The van der Waals surface area contributed by atoms with Gasteiger partial charge in [-0.2, -0.15) is 0 Å². The number of hydrogen-bond donors (Lipinski definition) is 1. The largest absolute Gasteiger partial charge is 0.505 e. The van der Waals surface area contributed by atoms with Crippen LogP contribution in [-0.2, 0) is 0 Å². The second-order valence-corrected chi connectivity index (χ2v) is 5.45. The molecular formula is C21H18AlNO. The van der Waals surface area contributed by atoms with E-state index in [2.05, 4.69) is 17.1 Å². The molecule has 3 aromatic carbocycles. The first-order chi connectivity index (χ1) is 11.3. The van der Waals surface area contributed by atoms with Crippen molar-refractivity contribution in [3.8, 4) is 28.0 Å². The Morgan fingerprint density at radius 1 is 0.667 bits per heavy atom. The van der Waals surface area contributed by atoms with Crippen molar-refractivity contribution >= 4 is 28.3 Å². The Bertz CT molecular complexity index is 969. The smallest absolute Gasteiger partial charge is 0.187 e. The van der Waals surface area contributed by atoms with Gasteiger partial charge in [-0.25, -0.2) is 0 Å². The fraction of sp³-hybridized carbons (Fsp3) is 0. The fourth-order valence-corrected chi connectivity index (χ4v) is 2.92. The summed E-state index contributed by atoms with van der Waals surface area (Å²) >= 11 is 0. The van der Waals surface area contributed by atoms with E-state index in [0.717, 1.165) is 27.6 Å². The van der Waals surface area contributed by atoms with Gasteiger partial charge >= 0.3 is 0 Å². The van der Waals surface area contributed by atoms with Crippen LogP contribution in [-0.4, -0.2) is 27.5 Å². The molecule has 0 aliphatic heterocycles. The monoisotopic (exact) mass is 327 g/mol. The molecular weight excluding hydrogens is 309 g/mol. The van der Waals surface area contributed by atoms with Crippen LogP contribution in [0.25, 0.3) is 33.2 Å². The maximum absolute atomic E-state index is 10.7. The van der Waals surface area contributed by atoms with Crippen molar-refractivity contribution < 1.29 is 5.11 Å². The van der Waals surface area contributed by atoms with Crippen LogP contribution in [0, 0.1) is 0 Å². The van der Waals surface area contributed by atoms with Crippen LogP contribution in [0.2, 0.25) is 0 Å². The molecule has 116 valence electrons. The number of aromatic hydroxyl groups is 1. The number of fused-ring (bicyclic) bond motifs is 1. The summed E-state index contributed by atoms with van der Waals surface area (Å²) in [5, 5.41) is 11.7. The second kappa shape index (κ2) is 6.88. The van der Waals surface area contributed by atoms with Gasteiger partial charge in [-0.15, -0.1) is 0 Å². The highest BCUT2D eigenvalue weighted by Crippen LogP contribution is 2.40. The molecule has 0 bridgehead atoms. The van der Waals surface area contributed by atoms with Crippen LogP contribution in [0.15, 0.2) is 85.1 Å². The average Bonchev–Trinajstić information content (AvgIpc) is 2.64. The number of aromatic nitrogens is 1. The Morgan fingerprint density at radius 3 is 1.88 bits per heavy atom. The Kier molecular flexibility index (Phi) is 4.67. The van der Waals surface area contributed by atoms with E-state index in [0.29, 0.717) is 5.52 Å². The van der Waals surface area contributed by atoms with Crippen LogP contribution < -0.4 is 0 Å². The zero-order chi connectivity index (χ0) is 15.6. The third kappa shape index (κ3) is 2.80. The van der Waals surface area contributed by atoms with Gasteiger partial charge in [0.25, 0.3) is 0 Å². The molecule has 2 nitrogen and oxygen atoms in total. The summed E-state index contributed by atoms with van der Waals surface area (Å²) in [5.74, 6) is 0.228. The van der Waals surface area contributed by atoms with Crippen molar-refractivity contribution in [2.45, 2.75) is 0 Å². The number of phenolic OH excluding ortho intramolecular Hbond substituents is 1. The van der Waals surface area contributed by atoms with Crippen LogP contribution >= 0.6 is 0 Å². The molecule has 0 saturated carbocycles. The van der Waals surface area contributed by atoms with E-state index < -0.39 is 0 Å². The van der Waals surface area contributed by atoms with Crippen molar-refractivity contribution in [2.24, 2.45) is 0 Å². The molecule has 0 amide bonds. The van der Waals surface area contributed by atoms with Crippen molar-refractivity contribution in [3.63, 3.8) is 0 Å². The first-order valence-electron chi connectivity index (χ1n) is 7.56. The minimum absolute atomic E-state index is 0. The van der Waals surface area contributed by atoms with E-state index in [1.807, 2.05) is 66.7 Å². The Balaban J connectivity index is 0.00000169. The predicted molar refractivity (Wildman–Crippen MR) is 104 cm³/mol. The van der Waals surface area contributed by atoms with Crippen LogP contribution in [0.4, 0.5) is 0 Å². The van der Waals surface area contributed by atoms with Gasteiger partial charge in [0.05, 0.1) is 0 Å². The van der Waals surface area contributed by atoms with Gasteiger partial charge in [0, 0.05) is 17.1 Å². The highest BCUT2D eigenvalue weighted by Gasteiger charge is 2.14. The Morgan fingerprint density at radius 2 is 1.25 bits per heavy atom. The van der Waals surface area contributed by atoms with Gasteiger partial charge in [0.15, 0.2) is 17.4 Å². The molecule has 0 atom stereocenters. The zero-order valence-corrected chi connectivity index (χ0v) is 12.5. The molecule has 1 heterocycles. The molecule has 1 N–H and O–H groups in total. The second-order valence-electron chi connectivity index (χ2n) is 5.45. The fourth-order valence-electron chi connectivity index (χ4n) is 2.92. The average molecular weight is 327 g/mol. The lowest BCUT2D eigenvalue weighted by molar-refractivity contribution is 0.482. The van der Waals surface area contributed by atoms with Crippen molar-refractivity contribution in [1.82, 2.24) is 4.98 Å². The molecule has 4 rings (SSSR count). The number of benzene rings is 3. The summed E-state index contributed by atoms with van der Waals surface area (Å²) in [5.41, 5.74) is 4.60. The van der Waals surface area contributed by atoms with Crippen molar-refractivity contribution in [2.75, 3.05) is 0 Å². The van der Waals surface area contributed by atoms with Gasteiger partial charge in [0.2, 0.25) is 0 Å². The summed E-state index contributed by atoms with van der Waals surface area (Å²) in [6.07, 6.45) is 1.71. The van der Waals surface area contributed by atoms with Crippen LogP contribution in [0.1, 0.15) is 0 Å². The maximum Gasteiger partial charge on any atom is 0.187 e. The molecule has 0 fully saturated rings. The van der Waals surface area contributed by atoms with E-state index in [9.17, 15) is 5.11 Å². The summed E-state index contributed by atoms with van der Waals surface area (Å²) in [4.78, 5) is 4.40. The van der Waals surface area contributed by atoms with E-state index in [-0.39, 0.29) is 23.1 Å². The number of rotatable bonds is 2. The lowest BCUT2D eigenvalue weighted by atomic mass is 9.94. The van der Waals surface area contributed by atoms with Crippen LogP contribution in [0.5, 0.6) is 5.75 Å². The van der Waals surface area contributed by atoms with Gasteiger partial charge in [-0.3, -0.25) is 4.98 Å². The summed E-state index contributed by atoms with van der Waals surface area (Å²) in [7, 11) is 0. The lowest BCUT2D eigenvalue weighted by Gasteiger charge is -2.13. The van der Waals surface area contributed by atoms with Gasteiger partial charge in [-0.1, -0.05) is 66.7 Å². The normalized spacial score (nSPS) is 10.3. The highest BCUT2D eigenvalue weighted by molar-refractivity contribution is 6.02. The first kappa shape index (κ1) is 16.3. The number of nitrogens with zero attached hydrogens (tertiary/aromatic N) is 1. The van der Waals surface area contributed by atoms with E-state index in [1.54, 1.807) is 6.20 Å². The van der Waals surface area contributed by atoms with Crippen molar-refractivity contribution in [3.05, 3.63) is 85.1 Å². The Labute approximate surface area is 151 Å². The first-order valence-corrected chi connectivity index (χ1v) is 7.56. The molecule has 24 heavy (non-hydrogen) atoms. The third-order valence-electron chi connectivity index (χ3n) is 4.04. The number of phenols is 1. The molecule has 4 aromatic rings. The van der Waals surface area contributed by atoms with Crippen LogP contribution in [0.3, 0.4) is 0 Å². The molecule has 3 heteroatoms. The van der Waals surface area contributed by atoms with E-state index >= 15 is 0 Å². The molecule has 0 aliphatic rings. The van der Waals surface area contributed by atoms with Crippen molar-refractivity contribution in [1.29, 1.82) is 0 Å².